The Hall–Kier alpha value is -4.22. The molecule has 12 heteroatoms. The van der Waals surface area contributed by atoms with Gasteiger partial charge in [-0.05, 0) is 68.3 Å². The van der Waals surface area contributed by atoms with Crippen LogP contribution in [0.1, 0.15) is 52.6 Å². The normalized spacial score (nSPS) is 12.6. The minimum atomic E-state index is -5.96. The Balaban J connectivity index is 2.26. The first-order valence-electron chi connectivity index (χ1n) is 11.9. The number of Topliss-reactive ketones (excluding diaryl/α,β-unsaturated/α-hetero) is 1. The summed E-state index contributed by atoms with van der Waals surface area (Å²) >= 11 is 0. The van der Waals surface area contributed by atoms with Gasteiger partial charge in [-0.25, -0.2) is 0 Å². The topological polar surface area (TPSA) is 98.7 Å². The maximum absolute atomic E-state index is 14.7. The Morgan fingerprint density at radius 1 is 0.821 bits per heavy atom. The Bertz CT molecular complexity index is 1410. The zero-order chi connectivity index (χ0) is 30.0. The summed E-state index contributed by atoms with van der Waals surface area (Å²) in [5, 5.41) is 19.2. The van der Waals surface area contributed by atoms with E-state index < -0.39 is 58.0 Å². The first-order chi connectivity index (χ1) is 18.5. The molecule has 3 aromatic rings. The molecule has 0 fully saturated rings. The van der Waals surface area contributed by atoms with Gasteiger partial charge >= 0.3 is 12.4 Å². The zero-order valence-corrected chi connectivity index (χ0v) is 20.8. The van der Waals surface area contributed by atoms with E-state index in [1.165, 1.54) is 31.2 Å². The highest BCUT2D eigenvalue weighted by Gasteiger charge is 2.72. The highest BCUT2D eigenvalue weighted by molar-refractivity contribution is 6.06. The number of hydrogen-bond acceptors (Lipinski definition) is 5. The number of carbonyl (C=O) groups is 2. The van der Waals surface area contributed by atoms with Crippen LogP contribution in [0.15, 0.2) is 60.7 Å². The molecule has 0 radical (unpaired) electrons. The fourth-order valence-electron chi connectivity index (χ4n) is 4.11. The van der Waals surface area contributed by atoms with Crippen LogP contribution in [0.3, 0.4) is 0 Å². The van der Waals surface area contributed by atoms with Crippen molar-refractivity contribution in [3.05, 3.63) is 82.9 Å². The number of halogens is 6. The molecule has 0 spiro atoms. The highest BCUT2D eigenvalue weighted by Crippen LogP contribution is 2.57. The minimum absolute atomic E-state index is 0.116. The summed E-state index contributed by atoms with van der Waals surface area (Å²) in [7, 11) is 0. The molecule has 0 aliphatic heterocycles. The first kappa shape index (κ1) is 27.8. The van der Waals surface area contributed by atoms with Gasteiger partial charge in [-0.3, -0.25) is 9.59 Å². The molecule has 3 rings (SSSR count). The number of ketones is 1. The standard InChI is InChI=1S/C27H24F6N2O4/c1-14(2)34-20-12-18(7-9-22(20)37)25(26(28,29)30,27(31,32)33)19-8-10-23(38)21(13-19)35-24(39)17-6-4-5-16(11-17)15(3)36/h4-14,34,37-38H,1-3H3,(H,35,39)/i/hD. The average molecular weight is 555 g/mol. The number of rotatable bonds is 8. The van der Waals surface area contributed by atoms with Crippen LogP contribution in [0.25, 0.3) is 0 Å². The van der Waals surface area contributed by atoms with E-state index in [1.54, 1.807) is 13.8 Å². The smallest absolute Gasteiger partial charge is 0.411 e. The van der Waals surface area contributed by atoms with Crippen LogP contribution in [-0.2, 0) is 5.41 Å². The van der Waals surface area contributed by atoms with Gasteiger partial charge in [0.05, 0.1) is 11.4 Å². The Kier molecular flexibility index (Phi) is 7.49. The van der Waals surface area contributed by atoms with E-state index in [9.17, 15) is 41.0 Å². The summed E-state index contributed by atoms with van der Waals surface area (Å²) in [5.41, 5.74) is -8.17. The predicted octanol–water partition coefficient (Wildman–Crippen LogP) is 6.78. The molecular weight excluding hydrogens is 530 g/mol. The van der Waals surface area contributed by atoms with Gasteiger partial charge in [0.25, 0.3) is 7.34 Å². The van der Waals surface area contributed by atoms with Crippen molar-refractivity contribution in [2.24, 2.45) is 0 Å². The van der Waals surface area contributed by atoms with Gasteiger partial charge in [0.15, 0.2) is 5.78 Å². The van der Waals surface area contributed by atoms with E-state index in [0.717, 1.165) is 6.07 Å². The van der Waals surface area contributed by atoms with E-state index in [2.05, 4.69) is 15.7 Å². The SMILES string of the molecule is [2H]Oc1ccc(C(c2ccc(O)c(NC(C)C)c2)(C(F)(F)F)C(F)(F)F)cc1NC(=O)c1cccc(C(C)=O)c1. The zero-order valence-electron chi connectivity index (χ0n) is 21.8. The van der Waals surface area contributed by atoms with Crippen LogP contribution < -0.4 is 10.6 Å². The maximum atomic E-state index is 14.7. The number of amides is 1. The second-order valence-electron chi connectivity index (χ2n) is 9.08. The molecule has 3 aromatic carbocycles. The molecule has 0 bridgehead atoms. The quantitative estimate of drug-likeness (QED) is 0.140. The summed E-state index contributed by atoms with van der Waals surface area (Å²) in [4.78, 5) is 24.5. The van der Waals surface area contributed by atoms with Crippen LogP contribution in [0.4, 0.5) is 37.7 Å². The molecule has 0 aliphatic rings. The van der Waals surface area contributed by atoms with Gasteiger partial charge in [-0.1, -0.05) is 24.3 Å². The number of alkyl halides is 6. The second-order valence-corrected chi connectivity index (χ2v) is 9.08. The molecule has 0 aliphatic carbocycles. The van der Waals surface area contributed by atoms with Gasteiger partial charge in [0.1, 0.15) is 11.5 Å². The summed E-state index contributed by atoms with van der Waals surface area (Å²) in [6.07, 6.45) is -11.9. The van der Waals surface area contributed by atoms with Crippen LogP contribution in [0, 0.1) is 0 Å². The molecule has 0 saturated heterocycles. The molecule has 0 saturated carbocycles. The van der Waals surface area contributed by atoms with Crippen molar-refractivity contribution in [2.45, 2.75) is 44.6 Å². The van der Waals surface area contributed by atoms with Gasteiger partial charge in [-0.2, -0.15) is 26.3 Å². The number of phenolic OH excluding ortho intramolecular Hbond substituents is 2. The lowest BCUT2D eigenvalue weighted by atomic mass is 9.72. The fourth-order valence-corrected chi connectivity index (χ4v) is 4.11. The van der Waals surface area contributed by atoms with Crippen molar-refractivity contribution < 1.29 is 46.1 Å². The van der Waals surface area contributed by atoms with Gasteiger partial charge in [-0.15, -0.1) is 0 Å². The van der Waals surface area contributed by atoms with Crippen molar-refractivity contribution in [1.82, 2.24) is 0 Å². The van der Waals surface area contributed by atoms with Gasteiger partial charge in [0.2, 0.25) is 5.41 Å². The molecule has 1 amide bonds. The third-order valence-corrected chi connectivity index (χ3v) is 5.92. The summed E-state index contributed by atoms with van der Waals surface area (Å²) in [5.74, 6) is -2.45. The van der Waals surface area contributed by atoms with Crippen LogP contribution in [-0.4, -0.2) is 41.7 Å². The summed E-state index contributed by atoms with van der Waals surface area (Å²) < 4.78 is 95.5. The summed E-state index contributed by atoms with van der Waals surface area (Å²) in [6.45, 7) is 4.40. The average Bonchev–Trinajstić information content (AvgIpc) is 2.84. The minimum Gasteiger partial charge on any atom is -0.506 e. The van der Waals surface area contributed by atoms with E-state index in [-0.39, 0.29) is 22.6 Å². The number of hydrogen-bond donors (Lipinski definition) is 4. The van der Waals surface area contributed by atoms with E-state index in [1.807, 2.05) is 0 Å². The van der Waals surface area contributed by atoms with E-state index >= 15 is 0 Å². The lowest BCUT2D eigenvalue weighted by Gasteiger charge is -2.38. The number of aromatic hydroxyl groups is 2. The van der Waals surface area contributed by atoms with E-state index in [0.29, 0.717) is 30.3 Å². The Morgan fingerprint density at radius 2 is 1.36 bits per heavy atom. The summed E-state index contributed by atoms with van der Waals surface area (Å²) in [6, 6.07) is 8.25. The van der Waals surface area contributed by atoms with Crippen LogP contribution in [0.5, 0.6) is 11.5 Å². The lowest BCUT2D eigenvalue weighted by molar-refractivity contribution is -0.288. The highest BCUT2D eigenvalue weighted by atomic mass is 19.4. The monoisotopic (exact) mass is 555 g/mol. The molecule has 6 nitrogen and oxygen atoms in total. The molecule has 0 heterocycles. The van der Waals surface area contributed by atoms with Gasteiger partial charge in [0, 0.05) is 17.2 Å². The maximum Gasteiger partial charge on any atom is 0.411 e. The fraction of sp³-hybridized carbons (Fsp3) is 0.259. The van der Waals surface area contributed by atoms with Crippen molar-refractivity contribution >= 4 is 23.1 Å². The third-order valence-electron chi connectivity index (χ3n) is 5.92. The van der Waals surface area contributed by atoms with E-state index in [4.69, 9.17) is 1.43 Å². The second kappa shape index (κ2) is 10.5. The van der Waals surface area contributed by atoms with Crippen molar-refractivity contribution in [3.8, 4) is 11.5 Å². The van der Waals surface area contributed by atoms with Crippen molar-refractivity contribution in [2.75, 3.05) is 10.6 Å². The molecule has 39 heavy (non-hydrogen) atoms. The Labute approximate surface area is 220 Å². The van der Waals surface area contributed by atoms with Crippen molar-refractivity contribution in [1.29, 1.82) is 1.43 Å². The molecule has 0 aromatic heterocycles. The third kappa shape index (κ3) is 5.64. The molecule has 4 N–H and O–H groups in total. The molecule has 0 unspecified atom stereocenters. The number of nitrogens with one attached hydrogen (secondary N) is 2. The van der Waals surface area contributed by atoms with Crippen LogP contribution >= 0.6 is 0 Å². The molecule has 0 atom stereocenters. The number of anilines is 2. The van der Waals surface area contributed by atoms with Crippen molar-refractivity contribution in [3.63, 3.8) is 0 Å². The number of carbonyl (C=O) groups excluding carboxylic acids is 2. The lowest BCUT2D eigenvalue weighted by Crippen LogP contribution is -2.54. The molecular formula is C27H24F6N2O4. The largest absolute Gasteiger partial charge is 0.506 e. The van der Waals surface area contributed by atoms with Crippen LogP contribution in [0.2, 0.25) is 0 Å². The Morgan fingerprint density at radius 3 is 1.87 bits per heavy atom. The number of phenols is 2. The predicted molar refractivity (Wildman–Crippen MR) is 132 cm³/mol. The van der Waals surface area contributed by atoms with Gasteiger partial charge < -0.3 is 20.8 Å². The molecule has 208 valence electrons. The number of benzene rings is 3. The first-order valence-corrected chi connectivity index (χ1v) is 11.5.